The van der Waals surface area contributed by atoms with Crippen molar-refractivity contribution in [2.75, 3.05) is 13.7 Å². The average Bonchev–Trinajstić information content (AvgIpc) is 2.31. The van der Waals surface area contributed by atoms with Gasteiger partial charge in [-0.3, -0.25) is 4.90 Å². The van der Waals surface area contributed by atoms with E-state index in [9.17, 15) is 5.11 Å². The minimum atomic E-state index is 0.0372. The molecule has 3 nitrogen and oxygen atoms in total. The average molecular weight is 236 g/mol. The molecular weight excluding hydrogens is 212 g/mol. The molecule has 0 amide bonds. The Morgan fingerprint density at radius 3 is 2.47 bits per heavy atom. The van der Waals surface area contributed by atoms with Crippen molar-refractivity contribution in [1.82, 2.24) is 4.90 Å². The van der Waals surface area contributed by atoms with Gasteiger partial charge in [-0.05, 0) is 19.0 Å². The van der Waals surface area contributed by atoms with E-state index in [-0.39, 0.29) is 18.7 Å². The van der Waals surface area contributed by atoms with Gasteiger partial charge in [-0.15, -0.1) is 0 Å². The molecule has 0 saturated heterocycles. The van der Waals surface area contributed by atoms with E-state index in [1.165, 1.54) is 5.56 Å². The molecule has 0 aliphatic rings. The van der Waals surface area contributed by atoms with E-state index in [0.29, 0.717) is 0 Å². The summed E-state index contributed by atoms with van der Waals surface area (Å²) in [6.07, 6.45) is 2.00. The zero-order valence-corrected chi connectivity index (χ0v) is 10.8. The smallest absolute Gasteiger partial charge is 0.0601 e. The largest absolute Gasteiger partial charge is 0.395 e. The summed E-state index contributed by atoms with van der Waals surface area (Å²) in [5.41, 5.74) is 7.34. The molecule has 3 N–H and O–H groups in total. The second-order valence-corrected chi connectivity index (χ2v) is 4.60. The van der Waals surface area contributed by atoms with E-state index in [2.05, 4.69) is 24.0 Å². The molecule has 0 aliphatic carbocycles. The minimum Gasteiger partial charge on any atom is -0.395 e. The van der Waals surface area contributed by atoms with Crippen molar-refractivity contribution >= 4 is 0 Å². The van der Waals surface area contributed by atoms with Crippen LogP contribution in [0.1, 0.15) is 25.3 Å². The third-order valence-corrected chi connectivity index (χ3v) is 3.14. The highest BCUT2D eigenvalue weighted by molar-refractivity contribution is 5.14. The summed E-state index contributed by atoms with van der Waals surface area (Å²) in [7, 11) is 2.02. The molecule has 2 atom stereocenters. The van der Waals surface area contributed by atoms with E-state index in [1.807, 2.05) is 25.2 Å². The fourth-order valence-corrected chi connectivity index (χ4v) is 2.12. The Balaban J connectivity index is 2.57. The fraction of sp³-hybridized carbons (Fsp3) is 0.571. The van der Waals surface area contributed by atoms with E-state index in [4.69, 9.17) is 5.73 Å². The molecule has 0 aromatic heterocycles. The van der Waals surface area contributed by atoms with Crippen LogP contribution in [0.5, 0.6) is 0 Å². The molecule has 0 bridgehead atoms. The monoisotopic (exact) mass is 236 g/mol. The van der Waals surface area contributed by atoms with Crippen LogP contribution in [0.15, 0.2) is 30.3 Å². The van der Waals surface area contributed by atoms with Crippen LogP contribution in [0.3, 0.4) is 0 Å². The third kappa shape index (κ3) is 4.46. The summed E-state index contributed by atoms with van der Waals surface area (Å²) < 4.78 is 0. The normalized spacial score (nSPS) is 14.9. The zero-order valence-electron chi connectivity index (χ0n) is 10.8. The van der Waals surface area contributed by atoms with Gasteiger partial charge >= 0.3 is 0 Å². The first kappa shape index (κ1) is 14.2. The van der Waals surface area contributed by atoms with Gasteiger partial charge in [-0.25, -0.2) is 0 Å². The number of aliphatic hydroxyl groups excluding tert-OH is 1. The van der Waals surface area contributed by atoms with Gasteiger partial charge in [-0.2, -0.15) is 0 Å². The van der Waals surface area contributed by atoms with Crippen molar-refractivity contribution in [3.8, 4) is 0 Å². The maximum Gasteiger partial charge on any atom is 0.0601 e. The quantitative estimate of drug-likeness (QED) is 0.756. The van der Waals surface area contributed by atoms with E-state index in [0.717, 1.165) is 19.4 Å². The number of aliphatic hydroxyl groups is 1. The maximum absolute atomic E-state index is 9.45. The summed E-state index contributed by atoms with van der Waals surface area (Å²) in [5.74, 6) is 0. The van der Waals surface area contributed by atoms with Gasteiger partial charge in [0.25, 0.3) is 0 Å². The molecule has 17 heavy (non-hydrogen) atoms. The van der Waals surface area contributed by atoms with Crippen molar-refractivity contribution in [1.29, 1.82) is 0 Å². The van der Waals surface area contributed by atoms with Gasteiger partial charge in [0.2, 0.25) is 0 Å². The molecule has 1 aromatic carbocycles. The third-order valence-electron chi connectivity index (χ3n) is 3.14. The first-order valence-corrected chi connectivity index (χ1v) is 6.29. The van der Waals surface area contributed by atoms with Crippen LogP contribution >= 0.6 is 0 Å². The Labute approximate surface area is 104 Å². The van der Waals surface area contributed by atoms with Crippen molar-refractivity contribution < 1.29 is 5.11 Å². The van der Waals surface area contributed by atoms with Crippen molar-refractivity contribution in [3.05, 3.63) is 35.9 Å². The fourth-order valence-electron chi connectivity index (χ4n) is 2.12. The lowest BCUT2D eigenvalue weighted by molar-refractivity contribution is 0.118. The van der Waals surface area contributed by atoms with Gasteiger partial charge < -0.3 is 10.8 Å². The number of nitrogens with zero attached hydrogens (tertiary/aromatic N) is 1. The van der Waals surface area contributed by atoms with E-state index < -0.39 is 0 Å². The molecule has 0 aliphatic heterocycles. The number of hydrogen-bond donors (Lipinski definition) is 2. The van der Waals surface area contributed by atoms with Gasteiger partial charge in [0.15, 0.2) is 0 Å². The second-order valence-electron chi connectivity index (χ2n) is 4.60. The zero-order chi connectivity index (χ0) is 12.7. The molecule has 1 rings (SSSR count). The molecule has 0 heterocycles. The Morgan fingerprint density at radius 1 is 1.29 bits per heavy atom. The van der Waals surface area contributed by atoms with Crippen LogP contribution in [-0.4, -0.2) is 35.7 Å². The van der Waals surface area contributed by atoms with Gasteiger partial charge in [0.1, 0.15) is 0 Å². The number of nitrogens with two attached hydrogens (primary N) is 1. The van der Waals surface area contributed by atoms with Crippen molar-refractivity contribution in [2.45, 2.75) is 38.4 Å². The van der Waals surface area contributed by atoms with Gasteiger partial charge in [0.05, 0.1) is 6.61 Å². The molecule has 0 fully saturated rings. The lowest BCUT2D eigenvalue weighted by Crippen LogP contribution is -2.48. The van der Waals surface area contributed by atoms with Crippen LogP contribution in [0.25, 0.3) is 0 Å². The van der Waals surface area contributed by atoms with E-state index in [1.54, 1.807) is 0 Å². The molecule has 0 radical (unpaired) electrons. The molecule has 96 valence electrons. The molecular formula is C14H24N2O. The predicted octanol–water partition coefficient (Wildman–Crippen LogP) is 1.61. The topological polar surface area (TPSA) is 49.5 Å². The summed E-state index contributed by atoms with van der Waals surface area (Å²) in [6, 6.07) is 10.3. The first-order valence-electron chi connectivity index (χ1n) is 6.29. The predicted molar refractivity (Wildman–Crippen MR) is 71.7 cm³/mol. The van der Waals surface area contributed by atoms with Crippen LogP contribution < -0.4 is 5.73 Å². The lowest BCUT2D eigenvalue weighted by Gasteiger charge is -2.31. The van der Waals surface area contributed by atoms with Gasteiger partial charge in [-0.1, -0.05) is 43.7 Å². The van der Waals surface area contributed by atoms with Crippen LogP contribution in [0, 0.1) is 0 Å². The summed E-state index contributed by atoms with van der Waals surface area (Å²) >= 11 is 0. The Hall–Kier alpha value is -0.900. The second kappa shape index (κ2) is 7.43. The van der Waals surface area contributed by atoms with Crippen LogP contribution in [-0.2, 0) is 6.54 Å². The molecule has 2 unspecified atom stereocenters. The van der Waals surface area contributed by atoms with Crippen LogP contribution in [0.4, 0.5) is 0 Å². The van der Waals surface area contributed by atoms with Crippen molar-refractivity contribution in [3.63, 3.8) is 0 Å². The van der Waals surface area contributed by atoms with Crippen molar-refractivity contribution in [2.24, 2.45) is 5.73 Å². The summed E-state index contributed by atoms with van der Waals surface area (Å²) in [6.45, 7) is 3.06. The number of benzene rings is 1. The Morgan fingerprint density at radius 2 is 1.94 bits per heavy atom. The molecule has 3 heteroatoms. The number of rotatable bonds is 7. The molecule has 0 saturated carbocycles. The first-order chi connectivity index (χ1) is 8.19. The lowest BCUT2D eigenvalue weighted by atomic mass is 10.0. The maximum atomic E-state index is 9.45. The molecule has 0 spiro atoms. The van der Waals surface area contributed by atoms with E-state index >= 15 is 0 Å². The highest BCUT2D eigenvalue weighted by atomic mass is 16.3. The minimum absolute atomic E-state index is 0.0372. The number of hydrogen-bond acceptors (Lipinski definition) is 3. The highest BCUT2D eigenvalue weighted by Crippen LogP contribution is 2.10. The highest BCUT2D eigenvalue weighted by Gasteiger charge is 2.20. The Bertz CT molecular complexity index is 302. The molecule has 1 aromatic rings. The SMILES string of the molecule is CCCC(N)C(CO)N(C)Cc1ccccc1. The summed E-state index contributed by atoms with van der Waals surface area (Å²) in [4.78, 5) is 2.13. The van der Waals surface area contributed by atoms with Gasteiger partial charge in [0, 0.05) is 18.6 Å². The number of likely N-dealkylation sites (N-methyl/N-ethyl adjacent to an activating group) is 1. The van der Waals surface area contributed by atoms with Crippen LogP contribution in [0.2, 0.25) is 0 Å². The standard InChI is InChI=1S/C14H24N2O/c1-3-7-13(15)14(11-17)16(2)10-12-8-5-4-6-9-12/h4-6,8-9,13-14,17H,3,7,10-11,15H2,1-2H3. The summed E-state index contributed by atoms with van der Waals surface area (Å²) in [5, 5.41) is 9.45. The Kier molecular flexibility index (Phi) is 6.19.